The summed E-state index contributed by atoms with van der Waals surface area (Å²) in [6, 6.07) is 7.85. The monoisotopic (exact) mass is 145 g/mol. The van der Waals surface area contributed by atoms with Gasteiger partial charge in [0.25, 0.3) is 0 Å². The smallest absolute Gasteiger partial charge is 0.0256 e. The van der Waals surface area contributed by atoms with E-state index in [1.54, 1.807) is 0 Å². The fourth-order valence-corrected chi connectivity index (χ4v) is 0.974. The van der Waals surface area contributed by atoms with Gasteiger partial charge in [0.2, 0.25) is 0 Å². The van der Waals surface area contributed by atoms with Gasteiger partial charge < -0.3 is 5.41 Å². The zero-order valence-electron chi connectivity index (χ0n) is 6.54. The van der Waals surface area contributed by atoms with Crippen molar-refractivity contribution in [2.75, 3.05) is 0 Å². The average molecular weight is 145 g/mol. The Morgan fingerprint density at radius 3 is 2.36 bits per heavy atom. The minimum Gasteiger partial charge on any atom is -0.308 e. The Morgan fingerprint density at radius 2 is 1.82 bits per heavy atom. The van der Waals surface area contributed by atoms with Crippen molar-refractivity contribution in [3.63, 3.8) is 0 Å². The van der Waals surface area contributed by atoms with Gasteiger partial charge in [0, 0.05) is 6.21 Å². The van der Waals surface area contributed by atoms with E-state index in [0.717, 1.165) is 11.1 Å². The van der Waals surface area contributed by atoms with Crippen molar-refractivity contribution in [1.82, 2.24) is 0 Å². The molecule has 0 unspecified atom stereocenters. The molecule has 0 atom stereocenters. The van der Waals surface area contributed by atoms with E-state index >= 15 is 0 Å². The second-order valence-corrected chi connectivity index (χ2v) is 2.27. The van der Waals surface area contributed by atoms with Crippen molar-refractivity contribution in [2.45, 2.75) is 6.92 Å². The molecule has 1 nitrogen and oxygen atoms in total. The first-order chi connectivity index (χ1) is 5.38. The minimum absolute atomic E-state index is 0.964. The van der Waals surface area contributed by atoms with Gasteiger partial charge in [0.1, 0.15) is 0 Å². The number of allylic oxidation sites excluding steroid dienone is 1. The van der Waals surface area contributed by atoms with Crippen LogP contribution in [-0.2, 0) is 0 Å². The lowest BCUT2D eigenvalue weighted by Gasteiger charge is -1.96. The Morgan fingerprint density at radius 1 is 1.18 bits per heavy atom. The second-order valence-electron chi connectivity index (χ2n) is 2.27. The Labute approximate surface area is 66.9 Å². The Balaban J connectivity index is 3.11. The molecule has 0 heterocycles. The SMILES string of the molecule is C/C=C\c1ccccc1C=N. The van der Waals surface area contributed by atoms with Gasteiger partial charge in [-0.2, -0.15) is 0 Å². The average Bonchev–Trinajstić information content (AvgIpc) is 2.06. The van der Waals surface area contributed by atoms with Crippen molar-refractivity contribution in [3.05, 3.63) is 41.5 Å². The summed E-state index contributed by atoms with van der Waals surface area (Å²) in [5.74, 6) is 0. The second kappa shape index (κ2) is 3.71. The molecule has 11 heavy (non-hydrogen) atoms. The lowest BCUT2D eigenvalue weighted by atomic mass is 10.1. The fourth-order valence-electron chi connectivity index (χ4n) is 0.974. The van der Waals surface area contributed by atoms with Crippen molar-refractivity contribution in [2.24, 2.45) is 0 Å². The van der Waals surface area contributed by atoms with Crippen LogP contribution in [0.5, 0.6) is 0 Å². The summed E-state index contributed by atoms with van der Waals surface area (Å²) in [7, 11) is 0. The zero-order valence-corrected chi connectivity index (χ0v) is 6.54. The van der Waals surface area contributed by atoms with Crippen molar-refractivity contribution in [1.29, 1.82) is 5.41 Å². The molecular formula is C10H11N. The first kappa shape index (κ1) is 7.73. The summed E-state index contributed by atoms with van der Waals surface area (Å²) >= 11 is 0. The number of hydrogen-bond donors (Lipinski definition) is 1. The fraction of sp³-hybridized carbons (Fsp3) is 0.100. The molecule has 0 aliphatic rings. The highest BCUT2D eigenvalue weighted by molar-refractivity contribution is 5.83. The van der Waals surface area contributed by atoms with Gasteiger partial charge in [0.15, 0.2) is 0 Å². The summed E-state index contributed by atoms with van der Waals surface area (Å²) in [6.07, 6.45) is 5.35. The van der Waals surface area contributed by atoms with Gasteiger partial charge in [-0.05, 0) is 18.1 Å². The summed E-state index contributed by atoms with van der Waals surface area (Å²) in [6.45, 7) is 1.97. The van der Waals surface area contributed by atoms with Gasteiger partial charge in [0.05, 0.1) is 0 Å². The van der Waals surface area contributed by atoms with Crippen LogP contribution in [0.1, 0.15) is 18.1 Å². The molecule has 1 heteroatoms. The predicted octanol–water partition coefficient (Wildman–Crippen LogP) is 2.72. The molecule has 1 N–H and O–H groups in total. The van der Waals surface area contributed by atoms with Crippen molar-refractivity contribution < 1.29 is 0 Å². The Kier molecular flexibility index (Phi) is 2.61. The van der Waals surface area contributed by atoms with E-state index in [0.29, 0.717) is 0 Å². The third-order valence-corrected chi connectivity index (χ3v) is 1.50. The number of benzene rings is 1. The molecule has 1 aromatic carbocycles. The van der Waals surface area contributed by atoms with E-state index in [1.165, 1.54) is 6.21 Å². The van der Waals surface area contributed by atoms with Crippen LogP contribution in [0, 0.1) is 5.41 Å². The van der Waals surface area contributed by atoms with E-state index in [1.807, 2.05) is 43.3 Å². The quantitative estimate of drug-likeness (QED) is 0.619. The van der Waals surface area contributed by atoms with E-state index in [4.69, 9.17) is 5.41 Å². The summed E-state index contributed by atoms with van der Waals surface area (Å²) in [4.78, 5) is 0. The maximum Gasteiger partial charge on any atom is 0.0256 e. The predicted molar refractivity (Wildman–Crippen MR) is 49.0 cm³/mol. The molecule has 1 rings (SSSR count). The molecule has 0 amide bonds. The zero-order chi connectivity index (χ0) is 8.10. The maximum atomic E-state index is 7.10. The van der Waals surface area contributed by atoms with Gasteiger partial charge in [-0.25, -0.2) is 0 Å². The van der Waals surface area contributed by atoms with Crippen molar-refractivity contribution >= 4 is 12.3 Å². The summed E-state index contributed by atoms with van der Waals surface area (Å²) < 4.78 is 0. The van der Waals surface area contributed by atoms with Crippen LogP contribution in [0.2, 0.25) is 0 Å². The molecule has 1 aromatic rings. The van der Waals surface area contributed by atoms with Gasteiger partial charge >= 0.3 is 0 Å². The Bertz CT molecular complexity index is 274. The Hall–Kier alpha value is -1.37. The van der Waals surface area contributed by atoms with Crippen LogP contribution in [0.3, 0.4) is 0 Å². The van der Waals surface area contributed by atoms with E-state index in [9.17, 15) is 0 Å². The largest absolute Gasteiger partial charge is 0.308 e. The first-order valence-corrected chi connectivity index (χ1v) is 3.60. The molecule has 0 bridgehead atoms. The normalized spacial score (nSPS) is 10.3. The van der Waals surface area contributed by atoms with Crippen LogP contribution < -0.4 is 0 Å². The maximum absolute atomic E-state index is 7.10. The van der Waals surface area contributed by atoms with Crippen molar-refractivity contribution in [3.8, 4) is 0 Å². The van der Waals surface area contributed by atoms with Gasteiger partial charge in [-0.1, -0.05) is 36.4 Å². The van der Waals surface area contributed by atoms with Crippen LogP contribution in [0.15, 0.2) is 30.3 Å². The molecule has 0 radical (unpaired) electrons. The number of rotatable bonds is 2. The van der Waals surface area contributed by atoms with E-state index < -0.39 is 0 Å². The lowest BCUT2D eigenvalue weighted by Crippen LogP contribution is -1.83. The first-order valence-electron chi connectivity index (χ1n) is 3.60. The van der Waals surface area contributed by atoms with Crippen LogP contribution in [0.4, 0.5) is 0 Å². The topological polar surface area (TPSA) is 23.9 Å². The molecule has 0 aromatic heterocycles. The molecule has 0 saturated carbocycles. The minimum atomic E-state index is 0.964. The molecule has 0 aliphatic heterocycles. The third-order valence-electron chi connectivity index (χ3n) is 1.50. The van der Waals surface area contributed by atoms with Crippen LogP contribution in [0.25, 0.3) is 6.08 Å². The molecule has 56 valence electrons. The molecule has 0 aliphatic carbocycles. The highest BCUT2D eigenvalue weighted by atomic mass is 14.3. The molecule has 0 saturated heterocycles. The standard InChI is InChI=1S/C10H11N/c1-2-5-9-6-3-4-7-10(9)8-11/h2-8,11H,1H3/b5-2-,11-8?. The van der Waals surface area contributed by atoms with Crippen LogP contribution in [-0.4, -0.2) is 6.21 Å². The number of nitrogens with one attached hydrogen (secondary N) is 1. The molecule has 0 fully saturated rings. The van der Waals surface area contributed by atoms with E-state index in [-0.39, 0.29) is 0 Å². The third kappa shape index (κ3) is 1.77. The number of hydrogen-bond acceptors (Lipinski definition) is 1. The van der Waals surface area contributed by atoms with Gasteiger partial charge in [-0.3, -0.25) is 0 Å². The van der Waals surface area contributed by atoms with Crippen LogP contribution >= 0.6 is 0 Å². The lowest BCUT2D eigenvalue weighted by molar-refractivity contribution is 1.52. The van der Waals surface area contributed by atoms with E-state index in [2.05, 4.69) is 0 Å². The molecule has 0 spiro atoms. The summed E-state index contributed by atoms with van der Waals surface area (Å²) in [5.41, 5.74) is 2.07. The highest BCUT2D eigenvalue weighted by Crippen LogP contribution is 2.07. The molecular weight excluding hydrogens is 134 g/mol. The van der Waals surface area contributed by atoms with Gasteiger partial charge in [-0.15, -0.1) is 0 Å². The summed E-state index contributed by atoms with van der Waals surface area (Å²) in [5, 5.41) is 7.10. The highest BCUT2D eigenvalue weighted by Gasteiger charge is 1.91.